The SMILES string of the molecule is CN=C(NCc1cccs1)NCC(C)Oc1cccc(F)c1. The summed E-state index contributed by atoms with van der Waals surface area (Å²) in [6.07, 6.45) is -0.109. The van der Waals surface area contributed by atoms with Gasteiger partial charge in [0.1, 0.15) is 17.7 Å². The zero-order valence-electron chi connectivity index (χ0n) is 12.7. The van der Waals surface area contributed by atoms with Crippen LogP contribution in [0.15, 0.2) is 46.8 Å². The number of thiophene rings is 1. The molecule has 0 aliphatic rings. The molecule has 0 aliphatic carbocycles. The first-order valence-electron chi connectivity index (χ1n) is 7.06. The minimum atomic E-state index is -0.300. The van der Waals surface area contributed by atoms with Crippen LogP contribution >= 0.6 is 11.3 Å². The molecule has 1 atom stereocenters. The van der Waals surface area contributed by atoms with E-state index in [-0.39, 0.29) is 11.9 Å². The van der Waals surface area contributed by atoms with Gasteiger partial charge in [-0.25, -0.2) is 4.39 Å². The molecule has 0 spiro atoms. The molecule has 4 nitrogen and oxygen atoms in total. The summed E-state index contributed by atoms with van der Waals surface area (Å²) in [6, 6.07) is 10.2. The molecule has 118 valence electrons. The van der Waals surface area contributed by atoms with Crippen molar-refractivity contribution in [1.29, 1.82) is 0 Å². The quantitative estimate of drug-likeness (QED) is 0.635. The second-order valence-corrected chi connectivity index (χ2v) is 5.80. The van der Waals surface area contributed by atoms with Crippen molar-refractivity contribution in [2.45, 2.75) is 19.6 Å². The number of nitrogens with one attached hydrogen (secondary N) is 2. The Bertz CT molecular complexity index is 601. The van der Waals surface area contributed by atoms with Gasteiger partial charge in [-0.05, 0) is 30.5 Å². The van der Waals surface area contributed by atoms with Crippen molar-refractivity contribution in [3.8, 4) is 5.75 Å². The lowest BCUT2D eigenvalue weighted by atomic mass is 10.3. The summed E-state index contributed by atoms with van der Waals surface area (Å²) in [5.41, 5.74) is 0. The highest BCUT2D eigenvalue weighted by atomic mass is 32.1. The Balaban J connectivity index is 1.75. The van der Waals surface area contributed by atoms with E-state index in [9.17, 15) is 4.39 Å². The summed E-state index contributed by atoms with van der Waals surface area (Å²) >= 11 is 1.70. The lowest BCUT2D eigenvalue weighted by Crippen LogP contribution is -2.41. The maximum Gasteiger partial charge on any atom is 0.191 e. The normalized spacial score (nSPS) is 12.8. The fraction of sp³-hybridized carbons (Fsp3) is 0.312. The average molecular weight is 321 g/mol. The number of hydrogen-bond acceptors (Lipinski definition) is 3. The zero-order chi connectivity index (χ0) is 15.8. The lowest BCUT2D eigenvalue weighted by Gasteiger charge is -2.17. The minimum absolute atomic E-state index is 0.109. The van der Waals surface area contributed by atoms with Gasteiger partial charge in [-0.1, -0.05) is 12.1 Å². The van der Waals surface area contributed by atoms with Gasteiger partial charge < -0.3 is 15.4 Å². The van der Waals surface area contributed by atoms with Crippen LogP contribution < -0.4 is 15.4 Å². The van der Waals surface area contributed by atoms with Crippen molar-refractivity contribution in [3.63, 3.8) is 0 Å². The molecule has 0 saturated carbocycles. The highest BCUT2D eigenvalue weighted by Crippen LogP contribution is 2.13. The van der Waals surface area contributed by atoms with E-state index in [0.717, 1.165) is 6.54 Å². The number of hydrogen-bond donors (Lipinski definition) is 2. The Morgan fingerprint density at radius 3 is 2.86 bits per heavy atom. The third-order valence-corrected chi connectivity index (χ3v) is 3.80. The van der Waals surface area contributed by atoms with Gasteiger partial charge in [0.25, 0.3) is 0 Å². The van der Waals surface area contributed by atoms with Crippen LogP contribution in [0.25, 0.3) is 0 Å². The van der Waals surface area contributed by atoms with Crippen molar-refractivity contribution >= 4 is 17.3 Å². The van der Waals surface area contributed by atoms with Crippen LogP contribution in [0.1, 0.15) is 11.8 Å². The van der Waals surface area contributed by atoms with E-state index in [2.05, 4.69) is 21.7 Å². The number of halogens is 1. The van der Waals surface area contributed by atoms with Crippen LogP contribution in [0.4, 0.5) is 4.39 Å². The topological polar surface area (TPSA) is 45.7 Å². The maximum atomic E-state index is 13.1. The highest BCUT2D eigenvalue weighted by molar-refractivity contribution is 7.09. The van der Waals surface area contributed by atoms with E-state index in [4.69, 9.17) is 4.74 Å². The molecule has 0 fully saturated rings. The number of benzene rings is 1. The Morgan fingerprint density at radius 1 is 1.32 bits per heavy atom. The molecule has 2 N–H and O–H groups in total. The first kappa shape index (κ1) is 16.3. The lowest BCUT2D eigenvalue weighted by molar-refractivity contribution is 0.223. The third kappa shape index (κ3) is 5.37. The predicted octanol–water partition coefficient (Wildman–Crippen LogP) is 3.02. The number of aliphatic imine (C=N–C) groups is 1. The van der Waals surface area contributed by atoms with Gasteiger partial charge in [-0.2, -0.15) is 0 Å². The van der Waals surface area contributed by atoms with Crippen molar-refractivity contribution in [3.05, 3.63) is 52.5 Å². The fourth-order valence-corrected chi connectivity index (χ4v) is 2.50. The molecule has 0 amide bonds. The summed E-state index contributed by atoms with van der Waals surface area (Å²) in [4.78, 5) is 5.41. The number of guanidine groups is 1. The first-order valence-corrected chi connectivity index (χ1v) is 7.94. The van der Waals surface area contributed by atoms with Crippen molar-refractivity contribution < 1.29 is 9.13 Å². The summed E-state index contributed by atoms with van der Waals surface area (Å²) < 4.78 is 18.8. The molecule has 1 heterocycles. The molecule has 2 rings (SSSR count). The molecule has 0 saturated heterocycles. The van der Waals surface area contributed by atoms with Gasteiger partial charge in [0.15, 0.2) is 5.96 Å². The molecule has 0 radical (unpaired) electrons. The standard InChI is InChI=1S/C16H20FN3OS/c1-12(21-14-6-3-5-13(17)9-14)10-19-16(18-2)20-11-15-7-4-8-22-15/h3-9,12H,10-11H2,1-2H3,(H2,18,19,20). The van der Waals surface area contributed by atoms with Crippen LogP contribution in [0, 0.1) is 5.82 Å². The summed E-state index contributed by atoms with van der Waals surface area (Å²) in [6.45, 7) is 3.22. The summed E-state index contributed by atoms with van der Waals surface area (Å²) in [5.74, 6) is 0.935. The molecule has 0 aliphatic heterocycles. The van der Waals surface area contributed by atoms with Crippen LogP contribution in [0.5, 0.6) is 5.75 Å². The Labute approximate surface area is 134 Å². The van der Waals surface area contributed by atoms with Gasteiger partial charge in [-0.3, -0.25) is 4.99 Å². The van der Waals surface area contributed by atoms with E-state index in [1.165, 1.54) is 17.0 Å². The Morgan fingerprint density at radius 2 is 2.18 bits per heavy atom. The van der Waals surface area contributed by atoms with Crippen LogP contribution in [-0.4, -0.2) is 25.7 Å². The Kier molecular flexibility index (Phi) is 6.21. The fourth-order valence-electron chi connectivity index (χ4n) is 1.86. The number of rotatable bonds is 6. The zero-order valence-corrected chi connectivity index (χ0v) is 13.5. The summed E-state index contributed by atoms with van der Waals surface area (Å²) in [7, 11) is 1.72. The molecule has 1 aromatic heterocycles. The minimum Gasteiger partial charge on any atom is -0.489 e. The second-order valence-electron chi connectivity index (χ2n) is 4.77. The maximum absolute atomic E-state index is 13.1. The van der Waals surface area contributed by atoms with Gasteiger partial charge in [0.05, 0.1) is 13.1 Å². The van der Waals surface area contributed by atoms with E-state index >= 15 is 0 Å². The molecule has 1 aromatic carbocycles. The molecular weight excluding hydrogens is 301 g/mol. The molecule has 6 heteroatoms. The van der Waals surface area contributed by atoms with Crippen molar-refractivity contribution in [2.24, 2.45) is 4.99 Å². The Hall–Kier alpha value is -2.08. The van der Waals surface area contributed by atoms with Gasteiger partial charge in [0, 0.05) is 18.0 Å². The molecule has 1 unspecified atom stereocenters. The van der Waals surface area contributed by atoms with Gasteiger partial charge in [-0.15, -0.1) is 11.3 Å². The largest absolute Gasteiger partial charge is 0.489 e. The summed E-state index contributed by atoms with van der Waals surface area (Å²) in [5, 5.41) is 8.47. The van der Waals surface area contributed by atoms with E-state index in [1.54, 1.807) is 30.5 Å². The van der Waals surface area contributed by atoms with Crippen molar-refractivity contribution in [2.75, 3.05) is 13.6 Å². The molecule has 2 aromatic rings. The van der Waals surface area contributed by atoms with Crippen LogP contribution in [0.2, 0.25) is 0 Å². The number of ether oxygens (including phenoxy) is 1. The van der Waals surface area contributed by atoms with E-state index in [1.807, 2.05) is 18.4 Å². The van der Waals surface area contributed by atoms with E-state index in [0.29, 0.717) is 18.3 Å². The molecular formula is C16H20FN3OS. The molecule has 22 heavy (non-hydrogen) atoms. The second kappa shape index (κ2) is 8.38. The van der Waals surface area contributed by atoms with Crippen molar-refractivity contribution in [1.82, 2.24) is 10.6 Å². The number of nitrogens with zero attached hydrogens (tertiary/aromatic N) is 1. The van der Waals surface area contributed by atoms with Crippen LogP contribution in [0.3, 0.4) is 0 Å². The monoisotopic (exact) mass is 321 g/mol. The first-order chi connectivity index (χ1) is 10.7. The average Bonchev–Trinajstić information content (AvgIpc) is 3.01. The van der Waals surface area contributed by atoms with E-state index < -0.39 is 0 Å². The third-order valence-electron chi connectivity index (χ3n) is 2.92. The predicted molar refractivity (Wildman–Crippen MR) is 89.0 cm³/mol. The smallest absolute Gasteiger partial charge is 0.191 e. The highest BCUT2D eigenvalue weighted by Gasteiger charge is 2.06. The van der Waals surface area contributed by atoms with Crippen LogP contribution in [-0.2, 0) is 6.54 Å². The van der Waals surface area contributed by atoms with Gasteiger partial charge in [0.2, 0.25) is 0 Å². The molecule has 0 bridgehead atoms. The van der Waals surface area contributed by atoms with Gasteiger partial charge >= 0.3 is 0 Å².